The molecule has 0 saturated carbocycles. The van der Waals surface area contributed by atoms with Crippen molar-refractivity contribution in [3.8, 4) is 0 Å². The van der Waals surface area contributed by atoms with Crippen LogP contribution in [0.15, 0.2) is 29.2 Å². The van der Waals surface area contributed by atoms with Crippen molar-refractivity contribution >= 4 is 17.7 Å². The molecular formula is C17H28N2OS. The van der Waals surface area contributed by atoms with Crippen LogP contribution in [0.4, 0.5) is 0 Å². The molecule has 1 aromatic carbocycles. The van der Waals surface area contributed by atoms with Gasteiger partial charge < -0.3 is 10.6 Å². The van der Waals surface area contributed by atoms with Crippen LogP contribution in [-0.2, 0) is 4.79 Å². The zero-order valence-corrected chi connectivity index (χ0v) is 14.8. The van der Waals surface area contributed by atoms with Crippen molar-refractivity contribution in [2.45, 2.75) is 62.8 Å². The van der Waals surface area contributed by atoms with Gasteiger partial charge in [-0.1, -0.05) is 19.1 Å². The van der Waals surface area contributed by atoms with Gasteiger partial charge in [0, 0.05) is 16.5 Å². The number of rotatable bonds is 7. The van der Waals surface area contributed by atoms with E-state index < -0.39 is 0 Å². The summed E-state index contributed by atoms with van der Waals surface area (Å²) in [7, 11) is 1.95. The van der Waals surface area contributed by atoms with Crippen molar-refractivity contribution in [2.75, 3.05) is 7.05 Å². The Morgan fingerprint density at radius 3 is 2.57 bits per heavy atom. The Labute approximate surface area is 133 Å². The Hall–Kier alpha value is -1.00. The number of benzene rings is 1. The highest BCUT2D eigenvalue weighted by molar-refractivity contribution is 8.00. The molecule has 0 heterocycles. The first-order valence-corrected chi connectivity index (χ1v) is 8.43. The summed E-state index contributed by atoms with van der Waals surface area (Å²) < 4.78 is 0. The molecule has 3 nitrogen and oxygen atoms in total. The van der Waals surface area contributed by atoms with Gasteiger partial charge in [-0.3, -0.25) is 4.79 Å². The van der Waals surface area contributed by atoms with E-state index in [1.54, 1.807) is 11.8 Å². The lowest BCUT2D eigenvalue weighted by molar-refractivity contribution is -0.121. The van der Waals surface area contributed by atoms with Crippen molar-refractivity contribution in [3.63, 3.8) is 0 Å². The molecule has 1 aromatic rings. The normalized spacial score (nSPS) is 14.6. The predicted octanol–water partition coefficient (Wildman–Crippen LogP) is 3.75. The van der Waals surface area contributed by atoms with Gasteiger partial charge in [-0.2, -0.15) is 0 Å². The lowest BCUT2D eigenvalue weighted by atomic mass is 10.0. The van der Waals surface area contributed by atoms with E-state index in [9.17, 15) is 4.79 Å². The quantitative estimate of drug-likeness (QED) is 0.754. The minimum absolute atomic E-state index is 0.0962. The Bertz CT molecular complexity index is 474. The van der Waals surface area contributed by atoms with Crippen LogP contribution in [0.1, 0.15) is 52.6 Å². The molecule has 0 saturated heterocycles. The summed E-state index contributed by atoms with van der Waals surface area (Å²) in [6.45, 7) is 10.3. The lowest BCUT2D eigenvalue weighted by Gasteiger charge is -2.26. The van der Waals surface area contributed by atoms with Gasteiger partial charge in [-0.25, -0.2) is 0 Å². The molecule has 2 N–H and O–H groups in total. The number of hydrogen-bond donors (Lipinski definition) is 2. The lowest BCUT2D eigenvalue weighted by Crippen LogP contribution is -2.46. The molecule has 0 radical (unpaired) electrons. The zero-order chi connectivity index (χ0) is 16.0. The van der Waals surface area contributed by atoms with E-state index in [2.05, 4.69) is 56.5 Å². The topological polar surface area (TPSA) is 41.1 Å². The molecule has 0 bridgehead atoms. The maximum absolute atomic E-state index is 12.3. The number of thioether (sulfide) groups is 1. The van der Waals surface area contributed by atoms with Crippen LogP contribution < -0.4 is 10.6 Å². The number of carbonyl (C=O) groups is 1. The zero-order valence-electron chi connectivity index (χ0n) is 14.0. The molecule has 1 rings (SSSR count). The fourth-order valence-electron chi connectivity index (χ4n) is 1.81. The minimum Gasteiger partial charge on any atom is -0.350 e. The largest absolute Gasteiger partial charge is 0.350 e. The highest BCUT2D eigenvalue weighted by atomic mass is 32.2. The van der Waals surface area contributed by atoms with E-state index >= 15 is 0 Å². The smallest absolute Gasteiger partial charge is 0.233 e. The highest BCUT2D eigenvalue weighted by Crippen LogP contribution is 2.26. The summed E-state index contributed by atoms with van der Waals surface area (Å²) in [5.74, 6) is 0.0962. The second-order valence-electron chi connectivity index (χ2n) is 6.07. The Morgan fingerprint density at radius 1 is 1.33 bits per heavy atom. The molecule has 0 fully saturated rings. The molecule has 0 spiro atoms. The first kappa shape index (κ1) is 18.1. The van der Waals surface area contributed by atoms with Crippen LogP contribution in [0.5, 0.6) is 0 Å². The summed E-state index contributed by atoms with van der Waals surface area (Å²) >= 11 is 1.61. The fraction of sp³-hybridized carbons (Fsp3) is 0.588. The third-order valence-electron chi connectivity index (χ3n) is 3.82. The van der Waals surface area contributed by atoms with E-state index in [0.717, 1.165) is 11.3 Å². The molecule has 2 unspecified atom stereocenters. The number of hydrogen-bond acceptors (Lipinski definition) is 3. The van der Waals surface area contributed by atoms with Gasteiger partial charge in [0.1, 0.15) is 0 Å². The summed E-state index contributed by atoms with van der Waals surface area (Å²) in [5.41, 5.74) is 1.10. The van der Waals surface area contributed by atoms with Gasteiger partial charge in [0.2, 0.25) is 5.91 Å². The summed E-state index contributed by atoms with van der Waals surface area (Å²) in [6.07, 6.45) is 0.922. The standard InChI is InChI=1S/C17H28N2OS/c1-7-17(4,5)19-16(20)13(3)21-15-10-8-9-14(11-15)12(2)18-6/h8-13,18H,7H2,1-6H3,(H,19,20). The summed E-state index contributed by atoms with van der Waals surface area (Å²) in [4.78, 5) is 13.4. The van der Waals surface area contributed by atoms with Gasteiger partial charge >= 0.3 is 0 Å². The molecule has 0 aromatic heterocycles. The third kappa shape index (κ3) is 5.71. The van der Waals surface area contributed by atoms with Crippen LogP contribution in [0, 0.1) is 0 Å². The van der Waals surface area contributed by atoms with Gasteiger partial charge in [-0.15, -0.1) is 11.8 Å². The van der Waals surface area contributed by atoms with Crippen molar-refractivity contribution in [1.29, 1.82) is 0 Å². The second-order valence-corrected chi connectivity index (χ2v) is 7.48. The van der Waals surface area contributed by atoms with E-state index in [4.69, 9.17) is 0 Å². The van der Waals surface area contributed by atoms with Crippen LogP contribution in [0.25, 0.3) is 0 Å². The SMILES string of the molecule is CCC(C)(C)NC(=O)C(C)Sc1cccc(C(C)NC)c1. The van der Waals surface area contributed by atoms with Crippen molar-refractivity contribution in [2.24, 2.45) is 0 Å². The first-order chi connectivity index (χ1) is 9.79. The van der Waals surface area contributed by atoms with Crippen LogP contribution in [0.3, 0.4) is 0 Å². The molecule has 1 amide bonds. The number of nitrogens with one attached hydrogen (secondary N) is 2. The monoisotopic (exact) mass is 308 g/mol. The van der Waals surface area contributed by atoms with Gasteiger partial charge in [0.25, 0.3) is 0 Å². The van der Waals surface area contributed by atoms with Gasteiger partial charge in [-0.05, 0) is 58.9 Å². The van der Waals surface area contributed by atoms with Crippen LogP contribution >= 0.6 is 11.8 Å². The third-order valence-corrected chi connectivity index (χ3v) is 4.91. The first-order valence-electron chi connectivity index (χ1n) is 7.55. The predicted molar refractivity (Wildman–Crippen MR) is 91.7 cm³/mol. The molecule has 4 heteroatoms. The van der Waals surface area contributed by atoms with E-state index in [1.807, 2.05) is 20.0 Å². The highest BCUT2D eigenvalue weighted by Gasteiger charge is 2.22. The molecule has 2 atom stereocenters. The van der Waals surface area contributed by atoms with Crippen LogP contribution in [0.2, 0.25) is 0 Å². The van der Waals surface area contributed by atoms with Gasteiger partial charge in [0.05, 0.1) is 5.25 Å². The van der Waals surface area contributed by atoms with Crippen molar-refractivity contribution in [3.05, 3.63) is 29.8 Å². The number of amides is 1. The van der Waals surface area contributed by atoms with Gasteiger partial charge in [0.15, 0.2) is 0 Å². The maximum Gasteiger partial charge on any atom is 0.233 e. The summed E-state index contributed by atoms with van der Waals surface area (Å²) in [6, 6.07) is 8.68. The Morgan fingerprint density at radius 2 is 2.00 bits per heavy atom. The Balaban J connectivity index is 2.70. The van der Waals surface area contributed by atoms with Crippen molar-refractivity contribution in [1.82, 2.24) is 10.6 Å². The molecular weight excluding hydrogens is 280 g/mol. The molecule has 118 valence electrons. The summed E-state index contributed by atoms with van der Waals surface area (Å²) in [5, 5.41) is 6.24. The fourth-order valence-corrected chi connectivity index (χ4v) is 2.74. The molecule has 21 heavy (non-hydrogen) atoms. The van der Waals surface area contributed by atoms with E-state index in [0.29, 0.717) is 6.04 Å². The Kier molecular flexibility index (Phi) is 6.75. The minimum atomic E-state index is -0.144. The van der Waals surface area contributed by atoms with Crippen molar-refractivity contribution < 1.29 is 4.79 Å². The molecule has 0 aliphatic rings. The molecule has 0 aliphatic heterocycles. The number of carbonyl (C=O) groups excluding carboxylic acids is 1. The van der Waals surface area contributed by atoms with E-state index in [-0.39, 0.29) is 16.7 Å². The van der Waals surface area contributed by atoms with E-state index in [1.165, 1.54) is 5.56 Å². The van der Waals surface area contributed by atoms with Crippen LogP contribution in [-0.4, -0.2) is 23.7 Å². The average Bonchev–Trinajstić information content (AvgIpc) is 2.46. The molecule has 0 aliphatic carbocycles. The second kappa shape index (κ2) is 7.85. The average molecular weight is 308 g/mol. The maximum atomic E-state index is 12.3.